The Balaban J connectivity index is 2.18. The van der Waals surface area contributed by atoms with Gasteiger partial charge in [0.2, 0.25) is 0 Å². The molecule has 2 aromatic rings. The summed E-state index contributed by atoms with van der Waals surface area (Å²) in [4.78, 5) is 3.97. The van der Waals surface area contributed by atoms with Crippen LogP contribution in [0.3, 0.4) is 0 Å². The molecular formula is C13H19N5O2S. The molecule has 2 heterocycles. The Morgan fingerprint density at radius 1 is 1.29 bits per heavy atom. The van der Waals surface area contributed by atoms with Crippen molar-refractivity contribution >= 4 is 15.7 Å². The molecule has 8 heteroatoms. The van der Waals surface area contributed by atoms with E-state index in [9.17, 15) is 8.42 Å². The summed E-state index contributed by atoms with van der Waals surface area (Å²) in [5.74, 6) is 0. The zero-order chi connectivity index (χ0) is 15.3. The summed E-state index contributed by atoms with van der Waals surface area (Å²) in [6, 6.07) is 1.72. The number of hydrogen-bond acceptors (Lipinski definition) is 5. The van der Waals surface area contributed by atoms with Crippen LogP contribution in [0.15, 0.2) is 29.7 Å². The molecule has 0 fully saturated rings. The number of sulfonamides is 1. The highest BCUT2D eigenvalue weighted by atomic mass is 32.2. The van der Waals surface area contributed by atoms with Gasteiger partial charge in [0.15, 0.2) is 5.03 Å². The molecule has 0 spiro atoms. The van der Waals surface area contributed by atoms with Crippen LogP contribution >= 0.6 is 0 Å². The van der Waals surface area contributed by atoms with Gasteiger partial charge in [-0.05, 0) is 31.5 Å². The molecule has 0 radical (unpaired) electrons. The monoisotopic (exact) mass is 309 g/mol. The van der Waals surface area contributed by atoms with Crippen molar-refractivity contribution in [1.29, 1.82) is 0 Å². The van der Waals surface area contributed by atoms with Crippen LogP contribution in [-0.4, -0.2) is 30.1 Å². The molecule has 0 saturated carbocycles. The van der Waals surface area contributed by atoms with Gasteiger partial charge in [0.25, 0.3) is 10.0 Å². The third-order valence-electron chi connectivity index (χ3n) is 2.82. The number of anilines is 1. The van der Waals surface area contributed by atoms with Gasteiger partial charge in [-0.25, -0.2) is 0 Å². The molecule has 0 aliphatic carbocycles. The van der Waals surface area contributed by atoms with Crippen molar-refractivity contribution in [2.24, 2.45) is 0 Å². The molecule has 2 aromatic heterocycles. The summed E-state index contributed by atoms with van der Waals surface area (Å²) in [6.45, 7) is 5.17. The zero-order valence-corrected chi connectivity index (χ0v) is 12.9. The van der Waals surface area contributed by atoms with Gasteiger partial charge >= 0.3 is 0 Å². The second-order valence-corrected chi connectivity index (χ2v) is 6.38. The highest BCUT2D eigenvalue weighted by molar-refractivity contribution is 7.92. The number of aryl methyl sites for hydroxylation is 1. The minimum absolute atomic E-state index is 0.0765. The molecule has 0 amide bonds. The Morgan fingerprint density at radius 2 is 2.10 bits per heavy atom. The van der Waals surface area contributed by atoms with Crippen molar-refractivity contribution in [2.75, 3.05) is 11.3 Å². The second kappa shape index (κ2) is 6.68. The number of nitrogens with zero attached hydrogens (tertiary/aromatic N) is 2. The van der Waals surface area contributed by atoms with Gasteiger partial charge < -0.3 is 5.32 Å². The molecule has 0 aliphatic rings. The summed E-state index contributed by atoms with van der Waals surface area (Å²) in [5.41, 5.74) is 1.92. The maximum Gasteiger partial charge on any atom is 0.279 e. The fourth-order valence-corrected chi connectivity index (χ4v) is 3.04. The lowest BCUT2D eigenvalue weighted by Crippen LogP contribution is -2.19. The minimum Gasteiger partial charge on any atom is -0.313 e. The Morgan fingerprint density at radius 3 is 2.81 bits per heavy atom. The quantitative estimate of drug-likeness (QED) is 0.672. The maximum atomic E-state index is 12.4. The van der Waals surface area contributed by atoms with Crippen LogP contribution in [0.5, 0.6) is 0 Å². The van der Waals surface area contributed by atoms with Crippen molar-refractivity contribution in [3.8, 4) is 0 Å². The molecule has 0 aliphatic heterocycles. The number of hydrogen-bond donors (Lipinski definition) is 3. The highest BCUT2D eigenvalue weighted by Crippen LogP contribution is 2.17. The molecule has 0 unspecified atom stereocenters. The van der Waals surface area contributed by atoms with Gasteiger partial charge in [0.1, 0.15) is 0 Å². The van der Waals surface area contributed by atoms with E-state index in [2.05, 4.69) is 25.2 Å². The van der Waals surface area contributed by atoms with Crippen molar-refractivity contribution in [1.82, 2.24) is 20.5 Å². The molecule has 3 N–H and O–H groups in total. The van der Waals surface area contributed by atoms with Gasteiger partial charge in [-0.3, -0.25) is 14.8 Å². The Bertz CT molecular complexity index is 696. The van der Waals surface area contributed by atoms with E-state index < -0.39 is 10.0 Å². The first-order valence-corrected chi connectivity index (χ1v) is 8.18. The Labute approximate surface area is 124 Å². The van der Waals surface area contributed by atoms with E-state index in [1.54, 1.807) is 12.3 Å². The number of rotatable bonds is 7. The van der Waals surface area contributed by atoms with Crippen LogP contribution in [0.2, 0.25) is 0 Å². The SMILES string of the molecule is CCCNCc1cn[nH]c1S(=O)(=O)Nc1cncc(C)c1. The number of pyridine rings is 1. The van der Waals surface area contributed by atoms with Crippen LogP contribution < -0.4 is 10.0 Å². The summed E-state index contributed by atoms with van der Waals surface area (Å²) in [6.07, 6.45) is 5.63. The number of nitrogens with one attached hydrogen (secondary N) is 3. The predicted molar refractivity (Wildman–Crippen MR) is 80.4 cm³/mol. The van der Waals surface area contributed by atoms with Crippen LogP contribution in [-0.2, 0) is 16.6 Å². The van der Waals surface area contributed by atoms with E-state index in [1.165, 1.54) is 12.4 Å². The van der Waals surface area contributed by atoms with Crippen molar-refractivity contribution < 1.29 is 8.42 Å². The number of aromatic amines is 1. The molecule has 0 saturated heterocycles. The molecule has 0 aromatic carbocycles. The normalized spacial score (nSPS) is 11.5. The van der Waals surface area contributed by atoms with E-state index in [-0.39, 0.29) is 5.03 Å². The van der Waals surface area contributed by atoms with Crippen molar-refractivity contribution in [3.05, 3.63) is 35.8 Å². The third kappa shape index (κ3) is 4.02. The second-order valence-electron chi connectivity index (χ2n) is 4.76. The lowest BCUT2D eigenvalue weighted by molar-refractivity contribution is 0.593. The molecule has 21 heavy (non-hydrogen) atoms. The first kappa shape index (κ1) is 15.5. The number of H-pyrrole nitrogens is 1. The summed E-state index contributed by atoms with van der Waals surface area (Å²) >= 11 is 0. The summed E-state index contributed by atoms with van der Waals surface area (Å²) in [7, 11) is -3.70. The van der Waals surface area contributed by atoms with E-state index in [1.807, 2.05) is 13.8 Å². The molecule has 0 atom stereocenters. The minimum atomic E-state index is -3.70. The highest BCUT2D eigenvalue weighted by Gasteiger charge is 2.20. The van der Waals surface area contributed by atoms with Crippen LogP contribution in [0.25, 0.3) is 0 Å². The largest absolute Gasteiger partial charge is 0.313 e. The van der Waals surface area contributed by atoms with Crippen LogP contribution in [0, 0.1) is 6.92 Å². The summed E-state index contributed by atoms with van der Waals surface area (Å²) in [5, 5.41) is 9.61. The van der Waals surface area contributed by atoms with Crippen molar-refractivity contribution in [3.63, 3.8) is 0 Å². The predicted octanol–water partition coefficient (Wildman–Crippen LogP) is 1.41. The van der Waals surface area contributed by atoms with E-state index in [0.29, 0.717) is 17.8 Å². The van der Waals surface area contributed by atoms with Gasteiger partial charge in [-0.2, -0.15) is 13.5 Å². The fraction of sp³-hybridized carbons (Fsp3) is 0.385. The maximum absolute atomic E-state index is 12.4. The van der Waals surface area contributed by atoms with Gasteiger partial charge in [-0.1, -0.05) is 6.92 Å². The number of aromatic nitrogens is 3. The third-order valence-corrected chi connectivity index (χ3v) is 4.21. The lowest BCUT2D eigenvalue weighted by atomic mass is 10.3. The van der Waals surface area contributed by atoms with Gasteiger partial charge in [0, 0.05) is 18.3 Å². The van der Waals surface area contributed by atoms with E-state index >= 15 is 0 Å². The van der Waals surface area contributed by atoms with Crippen LogP contribution in [0.1, 0.15) is 24.5 Å². The Hall–Kier alpha value is -1.93. The Kier molecular flexibility index (Phi) is 4.92. The molecular weight excluding hydrogens is 290 g/mol. The molecule has 7 nitrogen and oxygen atoms in total. The topological polar surface area (TPSA) is 99.8 Å². The van der Waals surface area contributed by atoms with E-state index in [4.69, 9.17) is 0 Å². The molecule has 114 valence electrons. The first-order chi connectivity index (χ1) is 10.0. The van der Waals surface area contributed by atoms with E-state index in [0.717, 1.165) is 18.5 Å². The lowest BCUT2D eigenvalue weighted by Gasteiger charge is -2.09. The standard InChI is InChI=1S/C13H19N5O2S/c1-3-4-14-7-11-8-16-17-13(11)21(19,20)18-12-5-10(2)6-15-9-12/h5-6,8-9,14,18H,3-4,7H2,1-2H3,(H,16,17). The summed E-state index contributed by atoms with van der Waals surface area (Å²) < 4.78 is 27.3. The fourth-order valence-electron chi connectivity index (χ4n) is 1.87. The average molecular weight is 309 g/mol. The van der Waals surface area contributed by atoms with Gasteiger partial charge in [0.05, 0.1) is 18.1 Å². The molecule has 0 bridgehead atoms. The average Bonchev–Trinajstić information content (AvgIpc) is 2.88. The zero-order valence-electron chi connectivity index (χ0n) is 12.0. The first-order valence-electron chi connectivity index (χ1n) is 6.70. The van der Waals surface area contributed by atoms with Gasteiger partial charge in [-0.15, -0.1) is 0 Å². The molecule has 2 rings (SSSR count). The smallest absolute Gasteiger partial charge is 0.279 e. The van der Waals surface area contributed by atoms with Crippen LogP contribution in [0.4, 0.5) is 5.69 Å². The van der Waals surface area contributed by atoms with Crippen molar-refractivity contribution in [2.45, 2.75) is 31.8 Å².